The van der Waals surface area contributed by atoms with Crippen molar-refractivity contribution in [2.24, 2.45) is 0 Å². The van der Waals surface area contributed by atoms with Crippen LogP contribution in [0.2, 0.25) is 0 Å². The molecule has 0 spiro atoms. The number of hydrogen-bond acceptors (Lipinski definition) is 7. The lowest BCUT2D eigenvalue weighted by Gasteiger charge is -2.11. The van der Waals surface area contributed by atoms with E-state index in [9.17, 15) is 4.79 Å². The summed E-state index contributed by atoms with van der Waals surface area (Å²) in [7, 11) is 3.17. The Morgan fingerprint density at radius 3 is 2.21 bits per heavy atom. The Labute approximate surface area is 162 Å². The lowest BCUT2D eigenvalue weighted by Crippen LogP contribution is -2.05. The Bertz CT molecular complexity index is 960. The van der Waals surface area contributed by atoms with E-state index in [2.05, 4.69) is 25.9 Å². The fraction of sp³-hybridized carbons (Fsp3) is 0.150. The largest absolute Gasteiger partial charge is 0.493 e. The molecule has 0 unspecified atom stereocenters. The van der Waals surface area contributed by atoms with Crippen molar-refractivity contribution in [2.75, 3.05) is 30.2 Å². The molecule has 0 saturated carbocycles. The second-order valence-corrected chi connectivity index (χ2v) is 5.84. The maximum absolute atomic E-state index is 11.1. The average Bonchev–Trinajstić information content (AvgIpc) is 2.69. The maximum Gasteiger partial charge on any atom is 0.229 e. The molecule has 0 radical (unpaired) electrons. The number of nitrogens with zero attached hydrogens (tertiary/aromatic N) is 2. The first kappa shape index (κ1) is 19.0. The molecule has 8 heteroatoms. The standard InChI is InChI=1S/C20H21N5O3/c1-13(26)22-14-4-6-15(7-5-14)23-19-10-11-21-20(25-19)24-16-8-9-17(27-2)18(12-16)28-3/h4-12H,1-3H3,(H,22,26)(H2,21,23,24,25). The summed E-state index contributed by atoms with van der Waals surface area (Å²) in [5, 5.41) is 9.07. The van der Waals surface area contributed by atoms with Crippen LogP contribution in [0.5, 0.6) is 11.5 Å². The minimum absolute atomic E-state index is 0.109. The quantitative estimate of drug-likeness (QED) is 0.572. The van der Waals surface area contributed by atoms with Gasteiger partial charge in [0.05, 0.1) is 14.2 Å². The first-order chi connectivity index (χ1) is 13.6. The van der Waals surface area contributed by atoms with Crippen molar-refractivity contribution < 1.29 is 14.3 Å². The van der Waals surface area contributed by atoms with Crippen LogP contribution in [0.3, 0.4) is 0 Å². The highest BCUT2D eigenvalue weighted by Crippen LogP contribution is 2.30. The number of nitrogens with one attached hydrogen (secondary N) is 3. The zero-order chi connectivity index (χ0) is 19.9. The highest BCUT2D eigenvalue weighted by Gasteiger charge is 2.06. The van der Waals surface area contributed by atoms with Gasteiger partial charge in [-0.25, -0.2) is 4.98 Å². The van der Waals surface area contributed by atoms with Gasteiger partial charge in [0, 0.05) is 36.2 Å². The van der Waals surface area contributed by atoms with Crippen molar-refractivity contribution in [3.63, 3.8) is 0 Å². The Morgan fingerprint density at radius 2 is 1.54 bits per heavy atom. The lowest BCUT2D eigenvalue weighted by molar-refractivity contribution is -0.114. The van der Waals surface area contributed by atoms with Crippen LogP contribution in [0.4, 0.5) is 28.8 Å². The Hall–Kier alpha value is -3.81. The van der Waals surface area contributed by atoms with Crippen LogP contribution >= 0.6 is 0 Å². The van der Waals surface area contributed by atoms with Gasteiger partial charge < -0.3 is 25.4 Å². The minimum atomic E-state index is -0.109. The van der Waals surface area contributed by atoms with Gasteiger partial charge in [-0.05, 0) is 42.5 Å². The van der Waals surface area contributed by atoms with E-state index in [-0.39, 0.29) is 5.91 Å². The molecule has 1 amide bonds. The fourth-order valence-electron chi connectivity index (χ4n) is 2.52. The van der Waals surface area contributed by atoms with Gasteiger partial charge in [0.2, 0.25) is 11.9 Å². The summed E-state index contributed by atoms with van der Waals surface area (Å²) < 4.78 is 10.5. The number of benzene rings is 2. The highest BCUT2D eigenvalue weighted by molar-refractivity contribution is 5.88. The highest BCUT2D eigenvalue weighted by atomic mass is 16.5. The summed E-state index contributed by atoms with van der Waals surface area (Å²) in [6, 6.07) is 14.6. The molecule has 0 saturated heterocycles. The van der Waals surface area contributed by atoms with E-state index in [1.54, 1.807) is 32.5 Å². The fourth-order valence-corrected chi connectivity index (χ4v) is 2.52. The van der Waals surface area contributed by atoms with Gasteiger partial charge in [-0.3, -0.25) is 4.79 Å². The van der Waals surface area contributed by atoms with Crippen molar-refractivity contribution in [3.05, 3.63) is 54.7 Å². The van der Waals surface area contributed by atoms with E-state index < -0.39 is 0 Å². The number of carbonyl (C=O) groups excluding carboxylic acids is 1. The molecule has 0 fully saturated rings. The monoisotopic (exact) mass is 379 g/mol. The minimum Gasteiger partial charge on any atom is -0.493 e. The molecule has 3 aromatic rings. The summed E-state index contributed by atoms with van der Waals surface area (Å²) in [6.45, 7) is 1.47. The van der Waals surface area contributed by atoms with Gasteiger partial charge in [-0.15, -0.1) is 0 Å². The molecule has 1 heterocycles. The third kappa shape index (κ3) is 4.88. The molecule has 0 aliphatic heterocycles. The van der Waals surface area contributed by atoms with Gasteiger partial charge in [-0.2, -0.15) is 4.98 Å². The maximum atomic E-state index is 11.1. The zero-order valence-electron chi connectivity index (χ0n) is 15.8. The summed E-state index contributed by atoms with van der Waals surface area (Å²) in [5.74, 6) is 2.22. The Kier molecular flexibility index (Phi) is 5.91. The molecular formula is C20H21N5O3. The van der Waals surface area contributed by atoms with Crippen LogP contribution in [-0.2, 0) is 4.79 Å². The second-order valence-electron chi connectivity index (χ2n) is 5.84. The van der Waals surface area contributed by atoms with Gasteiger partial charge in [0.25, 0.3) is 0 Å². The van der Waals surface area contributed by atoms with E-state index in [1.165, 1.54) is 6.92 Å². The van der Waals surface area contributed by atoms with Gasteiger partial charge in [-0.1, -0.05) is 0 Å². The topological polar surface area (TPSA) is 97.4 Å². The van der Waals surface area contributed by atoms with Crippen molar-refractivity contribution in [3.8, 4) is 11.5 Å². The van der Waals surface area contributed by atoms with Gasteiger partial charge in [0.1, 0.15) is 5.82 Å². The molecule has 28 heavy (non-hydrogen) atoms. The molecule has 0 atom stereocenters. The molecular weight excluding hydrogens is 358 g/mol. The Morgan fingerprint density at radius 1 is 0.857 bits per heavy atom. The van der Waals surface area contributed by atoms with Crippen LogP contribution in [0, 0.1) is 0 Å². The summed E-state index contributed by atoms with van der Waals surface area (Å²) in [5.41, 5.74) is 2.34. The zero-order valence-corrected chi connectivity index (χ0v) is 15.8. The molecule has 3 rings (SSSR count). The first-order valence-electron chi connectivity index (χ1n) is 8.54. The molecule has 8 nitrogen and oxygen atoms in total. The van der Waals surface area contributed by atoms with Crippen molar-refractivity contribution in [2.45, 2.75) is 6.92 Å². The van der Waals surface area contributed by atoms with Crippen molar-refractivity contribution in [1.82, 2.24) is 9.97 Å². The van der Waals surface area contributed by atoms with Gasteiger partial charge >= 0.3 is 0 Å². The first-order valence-corrected chi connectivity index (χ1v) is 8.54. The van der Waals surface area contributed by atoms with Crippen molar-refractivity contribution >= 4 is 34.7 Å². The number of aromatic nitrogens is 2. The van der Waals surface area contributed by atoms with Crippen LogP contribution in [0.25, 0.3) is 0 Å². The van der Waals surface area contributed by atoms with Crippen LogP contribution < -0.4 is 25.4 Å². The molecule has 144 valence electrons. The normalized spacial score (nSPS) is 10.1. The predicted octanol–water partition coefficient (Wildman–Crippen LogP) is 3.94. The molecule has 2 aromatic carbocycles. The van der Waals surface area contributed by atoms with Crippen LogP contribution in [0.15, 0.2) is 54.7 Å². The molecule has 1 aromatic heterocycles. The van der Waals surface area contributed by atoms with Crippen LogP contribution in [0.1, 0.15) is 6.92 Å². The molecule has 0 aliphatic carbocycles. The van der Waals surface area contributed by atoms with E-state index in [4.69, 9.17) is 9.47 Å². The molecule has 3 N–H and O–H groups in total. The van der Waals surface area contributed by atoms with E-state index >= 15 is 0 Å². The number of rotatable bonds is 7. The third-order valence-corrected chi connectivity index (χ3v) is 3.77. The number of carbonyl (C=O) groups is 1. The summed E-state index contributed by atoms with van der Waals surface area (Å²) in [4.78, 5) is 19.8. The second kappa shape index (κ2) is 8.72. The van der Waals surface area contributed by atoms with Crippen LogP contribution in [-0.4, -0.2) is 30.1 Å². The molecule has 0 bridgehead atoms. The number of anilines is 5. The Balaban J connectivity index is 1.71. The van der Waals surface area contributed by atoms with Crippen molar-refractivity contribution in [1.29, 1.82) is 0 Å². The SMILES string of the molecule is COc1ccc(Nc2nccc(Nc3ccc(NC(C)=O)cc3)n2)cc1OC. The van der Waals surface area contributed by atoms with E-state index in [0.717, 1.165) is 17.1 Å². The number of methoxy groups -OCH3 is 2. The lowest BCUT2D eigenvalue weighted by atomic mass is 10.2. The average molecular weight is 379 g/mol. The van der Waals surface area contributed by atoms with E-state index in [1.807, 2.05) is 36.4 Å². The summed E-state index contributed by atoms with van der Waals surface area (Å²) in [6.07, 6.45) is 1.66. The predicted molar refractivity (Wildman–Crippen MR) is 109 cm³/mol. The number of hydrogen-bond donors (Lipinski definition) is 3. The van der Waals surface area contributed by atoms with E-state index in [0.29, 0.717) is 23.3 Å². The summed E-state index contributed by atoms with van der Waals surface area (Å²) >= 11 is 0. The van der Waals surface area contributed by atoms with Gasteiger partial charge in [0.15, 0.2) is 11.5 Å². The molecule has 0 aliphatic rings. The number of amides is 1. The smallest absolute Gasteiger partial charge is 0.229 e. The number of ether oxygens (including phenoxy) is 2. The third-order valence-electron chi connectivity index (χ3n) is 3.77.